The van der Waals surface area contributed by atoms with Crippen molar-refractivity contribution in [3.8, 4) is 18.2 Å². The van der Waals surface area contributed by atoms with Gasteiger partial charge < -0.3 is 0 Å². The van der Waals surface area contributed by atoms with Crippen molar-refractivity contribution in [1.82, 2.24) is 15.0 Å². The first-order chi connectivity index (χ1) is 23.1. The number of hydrogen-bond acceptors (Lipinski definition) is 11. The minimum Gasteiger partial charge on any atom is -0.288 e. The molecule has 0 saturated carbocycles. The van der Waals surface area contributed by atoms with Crippen molar-refractivity contribution in [2.24, 2.45) is 7.05 Å². The van der Waals surface area contributed by atoms with E-state index in [1.807, 2.05) is 30.3 Å². The number of ketones is 4. The van der Waals surface area contributed by atoms with Crippen molar-refractivity contribution in [3.05, 3.63) is 108 Å². The van der Waals surface area contributed by atoms with Crippen LogP contribution in [0.1, 0.15) is 67.9 Å². The van der Waals surface area contributed by atoms with Crippen LogP contribution in [0.4, 0.5) is 5.69 Å². The summed E-state index contributed by atoms with van der Waals surface area (Å²) in [5.74, 6) is -2.13. The normalized spacial score (nSPS) is 14.4. The van der Waals surface area contributed by atoms with Gasteiger partial charge in [0.2, 0.25) is 5.69 Å². The number of aromatic nitrogens is 3. The van der Waals surface area contributed by atoms with Crippen LogP contribution in [0.5, 0.6) is 0 Å². The quantitative estimate of drug-likeness (QED) is 0.114. The third-order valence-electron chi connectivity index (χ3n) is 8.24. The van der Waals surface area contributed by atoms with E-state index in [0.29, 0.717) is 20.8 Å². The van der Waals surface area contributed by atoms with E-state index in [-0.39, 0.29) is 55.8 Å². The number of nitrogens with zero attached hydrogens (tertiary/aromatic N) is 7. The Morgan fingerprint density at radius 3 is 1.46 bits per heavy atom. The number of fused-ring (bicyclic) bond motifs is 8. The number of benzene rings is 3. The van der Waals surface area contributed by atoms with E-state index in [4.69, 9.17) is 6.57 Å². The SMILES string of the molecule is [C-]#[N+]c1cc2c(cc1C#N)C(=O)/C(=C/c1cc3c4nn(C)nc4c4cc(C=C5C(=O)c6cc(C#N)c(C#N)cc6C5=O)sc4c3s1)C2=O. The van der Waals surface area contributed by atoms with E-state index < -0.39 is 23.1 Å². The number of nitriles is 3. The fourth-order valence-corrected chi connectivity index (χ4v) is 8.43. The third kappa shape index (κ3) is 3.87. The molecular weight excluding hydrogens is 647 g/mol. The highest BCUT2D eigenvalue weighted by atomic mass is 32.1. The predicted molar refractivity (Wildman–Crippen MR) is 176 cm³/mol. The molecule has 0 N–H and O–H groups in total. The van der Waals surface area contributed by atoms with Crippen LogP contribution in [-0.2, 0) is 7.05 Å². The van der Waals surface area contributed by atoms with Gasteiger partial charge in [-0.15, -0.1) is 22.7 Å². The first-order valence-electron chi connectivity index (χ1n) is 13.9. The second-order valence-corrected chi connectivity index (χ2v) is 13.1. The highest BCUT2D eigenvalue weighted by Crippen LogP contribution is 2.44. The van der Waals surface area contributed by atoms with Gasteiger partial charge in [-0.05, 0) is 48.6 Å². The van der Waals surface area contributed by atoms with E-state index in [1.165, 1.54) is 63.9 Å². The zero-order chi connectivity index (χ0) is 33.6. The molecule has 6 aromatic rings. The molecule has 0 bridgehead atoms. The largest absolute Gasteiger partial charge is 0.288 e. The summed E-state index contributed by atoms with van der Waals surface area (Å²) in [7, 11) is 1.68. The van der Waals surface area contributed by atoms with Gasteiger partial charge in [0, 0.05) is 49.8 Å². The molecule has 8 rings (SSSR count). The van der Waals surface area contributed by atoms with E-state index >= 15 is 0 Å². The summed E-state index contributed by atoms with van der Waals surface area (Å²) in [4.78, 5) is 59.1. The first-order valence-corrected chi connectivity index (χ1v) is 15.5. The summed E-state index contributed by atoms with van der Waals surface area (Å²) >= 11 is 2.65. The van der Waals surface area contributed by atoms with Crippen molar-refractivity contribution in [2.45, 2.75) is 0 Å². The molecule has 11 nitrogen and oxygen atoms in total. The first kappa shape index (κ1) is 28.6. The maximum absolute atomic E-state index is 13.3. The zero-order valence-corrected chi connectivity index (χ0v) is 25.8. The number of Topliss-reactive ketones (excluding diaryl/α,β-unsaturated/α-hetero) is 4. The van der Waals surface area contributed by atoms with Crippen LogP contribution in [0.15, 0.2) is 47.5 Å². The lowest BCUT2D eigenvalue weighted by atomic mass is 10.0. The van der Waals surface area contributed by atoms with Crippen molar-refractivity contribution >= 4 is 94.9 Å². The standard InChI is InChI=1S/C35H11N7O4S2/c1-39-27-10-22-21(5-16(27)13-38)32(45)26(33(22)46)9-18-7-24-29-28(40-42(2)41-29)23-6-17(47-34(23)35(24)48-18)8-25-30(43)19-3-14(11-36)15(12-37)4-20(19)31(25)44/h3-10H,2H3/b26-9-. The van der Waals surface area contributed by atoms with Crippen LogP contribution < -0.4 is 0 Å². The maximum atomic E-state index is 13.3. The molecule has 13 heteroatoms. The smallest absolute Gasteiger partial charge is 0.205 e. The highest BCUT2D eigenvalue weighted by molar-refractivity contribution is 7.28. The van der Waals surface area contributed by atoms with Crippen LogP contribution in [0.3, 0.4) is 0 Å². The van der Waals surface area contributed by atoms with Crippen LogP contribution in [0.25, 0.3) is 48.2 Å². The molecule has 0 unspecified atom stereocenters. The summed E-state index contributed by atoms with van der Waals surface area (Å²) in [6.45, 7) is 7.33. The number of carbonyl (C=O) groups excluding carboxylic acids is 4. The molecular formula is C35H11N7O4S2. The Bertz CT molecular complexity index is 2570. The van der Waals surface area contributed by atoms with Crippen molar-refractivity contribution in [3.63, 3.8) is 0 Å². The molecule has 3 aromatic carbocycles. The second kappa shape index (κ2) is 10.1. The van der Waals surface area contributed by atoms with E-state index in [2.05, 4.69) is 15.0 Å². The molecule has 3 aromatic heterocycles. The minimum atomic E-state index is -0.536. The Balaban J connectivity index is 1.26. The predicted octanol–water partition coefficient (Wildman–Crippen LogP) is 6.49. The lowest BCUT2D eigenvalue weighted by molar-refractivity contribution is 0.0975. The number of hydrogen-bond donors (Lipinski definition) is 0. The molecule has 0 fully saturated rings. The summed E-state index contributed by atoms with van der Waals surface area (Å²) < 4.78 is 1.59. The fourth-order valence-electron chi connectivity index (χ4n) is 6.06. The van der Waals surface area contributed by atoms with Crippen molar-refractivity contribution < 1.29 is 19.2 Å². The molecule has 2 aliphatic carbocycles. The van der Waals surface area contributed by atoms with Gasteiger partial charge in [0.15, 0.2) is 23.1 Å². The van der Waals surface area contributed by atoms with Gasteiger partial charge in [-0.2, -0.15) is 30.8 Å². The van der Waals surface area contributed by atoms with Crippen molar-refractivity contribution in [2.75, 3.05) is 0 Å². The Kier molecular flexibility index (Phi) is 5.98. The third-order valence-corrected chi connectivity index (χ3v) is 10.6. The van der Waals surface area contributed by atoms with Crippen molar-refractivity contribution in [1.29, 1.82) is 15.8 Å². The number of aryl methyl sites for hydroxylation is 1. The monoisotopic (exact) mass is 657 g/mol. The van der Waals surface area contributed by atoms with E-state index in [9.17, 15) is 35.0 Å². The van der Waals surface area contributed by atoms with Crippen LogP contribution >= 0.6 is 22.7 Å². The minimum absolute atomic E-state index is 0.000126. The van der Waals surface area contributed by atoms with E-state index in [1.54, 1.807) is 7.05 Å². The van der Waals surface area contributed by atoms with Crippen LogP contribution in [0.2, 0.25) is 0 Å². The summed E-state index contributed by atoms with van der Waals surface area (Å²) in [5.41, 5.74) is 1.36. The Morgan fingerprint density at radius 1 is 0.667 bits per heavy atom. The molecule has 0 atom stereocenters. The molecule has 0 amide bonds. The molecule has 0 radical (unpaired) electrons. The number of allylic oxidation sites excluding steroid dienone is 2. The Labute approximate surface area is 276 Å². The van der Waals surface area contributed by atoms with E-state index in [0.717, 1.165) is 20.2 Å². The summed E-state index contributed by atoms with van der Waals surface area (Å²) in [6.07, 6.45) is 3.00. The molecule has 48 heavy (non-hydrogen) atoms. The topological polar surface area (TPSA) is 175 Å². The average Bonchev–Trinajstić information content (AvgIpc) is 3.89. The van der Waals surface area contributed by atoms with Gasteiger partial charge in [-0.3, -0.25) is 19.2 Å². The molecule has 2 aliphatic rings. The van der Waals surface area contributed by atoms with Gasteiger partial charge in [0.05, 0.1) is 49.9 Å². The van der Waals surface area contributed by atoms with Crippen LogP contribution in [0, 0.1) is 40.6 Å². The fraction of sp³-hybridized carbons (Fsp3) is 0.0286. The lowest BCUT2D eigenvalue weighted by Gasteiger charge is -1.98. The average molecular weight is 658 g/mol. The Morgan fingerprint density at radius 2 is 1.06 bits per heavy atom. The molecule has 3 heterocycles. The maximum Gasteiger partial charge on any atom is 0.205 e. The molecule has 0 spiro atoms. The van der Waals surface area contributed by atoms with Gasteiger partial charge in [-0.1, -0.05) is 0 Å². The second-order valence-electron chi connectivity index (χ2n) is 10.9. The number of carbonyl (C=O) groups is 4. The number of thiophene rings is 2. The summed E-state index contributed by atoms with van der Waals surface area (Å²) in [6, 6.07) is 14.4. The van der Waals surface area contributed by atoms with Gasteiger partial charge in [0.25, 0.3) is 0 Å². The Hall–Kier alpha value is -6.90. The van der Waals surface area contributed by atoms with Gasteiger partial charge in [-0.25, -0.2) is 4.85 Å². The molecule has 0 aliphatic heterocycles. The number of rotatable bonds is 2. The van der Waals surface area contributed by atoms with Gasteiger partial charge in [0.1, 0.15) is 23.2 Å². The highest BCUT2D eigenvalue weighted by Gasteiger charge is 2.36. The lowest BCUT2D eigenvalue weighted by Crippen LogP contribution is -1.99. The summed E-state index contributed by atoms with van der Waals surface area (Å²) in [5, 5.41) is 38.8. The molecule has 222 valence electrons. The van der Waals surface area contributed by atoms with Crippen LogP contribution in [-0.4, -0.2) is 38.1 Å². The van der Waals surface area contributed by atoms with Gasteiger partial charge >= 0.3 is 0 Å². The zero-order valence-electron chi connectivity index (χ0n) is 24.2. The molecule has 0 saturated heterocycles.